The quantitative estimate of drug-likeness (QED) is 0.907. The number of piperidine rings is 1. The smallest absolute Gasteiger partial charge is 0.223 e. The van der Waals surface area contributed by atoms with Gasteiger partial charge in [-0.05, 0) is 48.6 Å². The molecule has 0 radical (unpaired) electrons. The molecular weight excluding hydrogens is 312 g/mol. The Hall–Kier alpha value is -1.40. The summed E-state index contributed by atoms with van der Waals surface area (Å²) >= 11 is 0. The molecule has 23 heavy (non-hydrogen) atoms. The predicted octanol–water partition coefficient (Wildman–Crippen LogP) is 1.63. The summed E-state index contributed by atoms with van der Waals surface area (Å²) < 4.78 is 22.3. The van der Waals surface area contributed by atoms with E-state index in [1.807, 2.05) is 11.0 Å². The normalized spacial score (nSPS) is 22.1. The SMILES string of the molecule is NS(=O)(=O)CC1CCN(C(=O)CC2CCc3ccccc32)CC1. The van der Waals surface area contributed by atoms with Crippen LogP contribution in [0.5, 0.6) is 0 Å². The van der Waals surface area contributed by atoms with Gasteiger partial charge in [0.2, 0.25) is 15.9 Å². The lowest BCUT2D eigenvalue weighted by Gasteiger charge is -2.32. The molecule has 0 aromatic heterocycles. The Morgan fingerprint density at radius 2 is 1.87 bits per heavy atom. The zero-order valence-electron chi connectivity index (χ0n) is 13.3. The third-order valence-electron chi connectivity index (χ3n) is 5.11. The third kappa shape index (κ3) is 4.12. The number of nitrogens with zero attached hydrogens (tertiary/aromatic N) is 1. The first-order chi connectivity index (χ1) is 10.9. The van der Waals surface area contributed by atoms with E-state index in [0.29, 0.717) is 25.4 Å². The maximum Gasteiger partial charge on any atom is 0.223 e. The third-order valence-corrected chi connectivity index (χ3v) is 6.05. The maximum atomic E-state index is 12.5. The number of carbonyl (C=O) groups excluding carboxylic acids is 1. The van der Waals surface area contributed by atoms with Gasteiger partial charge in [0.05, 0.1) is 5.75 Å². The predicted molar refractivity (Wildman–Crippen MR) is 89.4 cm³/mol. The second-order valence-corrected chi connectivity index (χ2v) is 8.45. The van der Waals surface area contributed by atoms with Crippen LogP contribution >= 0.6 is 0 Å². The van der Waals surface area contributed by atoms with Gasteiger partial charge in [-0.1, -0.05) is 24.3 Å². The minimum absolute atomic E-state index is 0.0328. The molecule has 1 unspecified atom stereocenters. The Morgan fingerprint density at radius 1 is 1.17 bits per heavy atom. The standard InChI is InChI=1S/C17H24N2O3S/c18-23(21,22)12-13-7-9-19(10-8-13)17(20)11-15-6-5-14-3-1-2-4-16(14)15/h1-4,13,15H,5-12H2,(H2,18,21,22). The van der Waals surface area contributed by atoms with E-state index in [1.54, 1.807) is 0 Å². The van der Waals surface area contributed by atoms with Gasteiger partial charge in [0, 0.05) is 19.5 Å². The van der Waals surface area contributed by atoms with Crippen LogP contribution in [0.15, 0.2) is 24.3 Å². The van der Waals surface area contributed by atoms with Crippen molar-refractivity contribution in [2.24, 2.45) is 11.1 Å². The van der Waals surface area contributed by atoms with Gasteiger partial charge < -0.3 is 4.90 Å². The van der Waals surface area contributed by atoms with Crippen molar-refractivity contribution in [3.05, 3.63) is 35.4 Å². The molecule has 1 saturated heterocycles. The fourth-order valence-electron chi connectivity index (χ4n) is 3.87. The average molecular weight is 336 g/mol. The van der Waals surface area contributed by atoms with Crippen molar-refractivity contribution in [2.75, 3.05) is 18.8 Å². The van der Waals surface area contributed by atoms with Crippen molar-refractivity contribution in [3.8, 4) is 0 Å². The van der Waals surface area contributed by atoms with Gasteiger partial charge in [0.1, 0.15) is 0 Å². The molecule has 2 N–H and O–H groups in total. The monoisotopic (exact) mass is 336 g/mol. The van der Waals surface area contributed by atoms with Crippen molar-refractivity contribution in [1.29, 1.82) is 0 Å². The Balaban J connectivity index is 1.53. The highest BCUT2D eigenvalue weighted by Crippen LogP contribution is 2.35. The lowest BCUT2D eigenvalue weighted by atomic mass is 9.95. The largest absolute Gasteiger partial charge is 0.343 e. The Morgan fingerprint density at radius 3 is 2.57 bits per heavy atom. The van der Waals surface area contributed by atoms with Crippen molar-refractivity contribution in [1.82, 2.24) is 4.90 Å². The number of likely N-dealkylation sites (tertiary alicyclic amines) is 1. The number of nitrogens with two attached hydrogens (primary N) is 1. The lowest BCUT2D eigenvalue weighted by molar-refractivity contribution is -0.132. The van der Waals surface area contributed by atoms with E-state index in [2.05, 4.69) is 18.2 Å². The first kappa shape index (κ1) is 16.5. The van der Waals surface area contributed by atoms with E-state index in [9.17, 15) is 13.2 Å². The molecule has 0 saturated carbocycles. The first-order valence-corrected chi connectivity index (χ1v) is 10.00. The molecule has 1 amide bonds. The van der Waals surface area contributed by atoms with Crippen LogP contribution < -0.4 is 5.14 Å². The fourth-order valence-corrected chi connectivity index (χ4v) is 4.87. The zero-order valence-corrected chi connectivity index (χ0v) is 14.1. The van der Waals surface area contributed by atoms with Crippen LogP contribution in [0, 0.1) is 5.92 Å². The summed E-state index contributed by atoms with van der Waals surface area (Å²) in [4.78, 5) is 14.4. The van der Waals surface area contributed by atoms with Gasteiger partial charge >= 0.3 is 0 Å². The summed E-state index contributed by atoms with van der Waals surface area (Å²) in [6.07, 6.45) is 4.13. The van der Waals surface area contributed by atoms with E-state index < -0.39 is 10.0 Å². The number of carbonyl (C=O) groups is 1. The molecule has 1 aromatic carbocycles. The average Bonchev–Trinajstić information content (AvgIpc) is 2.90. The second kappa shape index (κ2) is 6.61. The Bertz CT molecular complexity index is 679. The molecule has 1 atom stereocenters. The molecule has 6 heteroatoms. The van der Waals surface area contributed by atoms with Gasteiger partial charge in [-0.3, -0.25) is 4.79 Å². The van der Waals surface area contributed by atoms with Gasteiger partial charge in [0.25, 0.3) is 0 Å². The van der Waals surface area contributed by atoms with Gasteiger partial charge in [-0.2, -0.15) is 0 Å². The highest BCUT2D eigenvalue weighted by Gasteiger charge is 2.29. The molecule has 3 rings (SSSR count). The van der Waals surface area contributed by atoms with Crippen LogP contribution in [0.2, 0.25) is 0 Å². The number of rotatable bonds is 4. The number of fused-ring (bicyclic) bond motifs is 1. The molecule has 5 nitrogen and oxygen atoms in total. The van der Waals surface area contributed by atoms with Crippen molar-refractivity contribution in [2.45, 2.75) is 38.0 Å². The van der Waals surface area contributed by atoms with Crippen molar-refractivity contribution in [3.63, 3.8) is 0 Å². The molecule has 1 heterocycles. The van der Waals surface area contributed by atoms with Crippen molar-refractivity contribution >= 4 is 15.9 Å². The molecule has 1 fully saturated rings. The summed E-state index contributed by atoms with van der Waals surface area (Å²) in [6, 6.07) is 8.39. The van der Waals surface area contributed by atoms with Crippen LogP contribution in [-0.4, -0.2) is 38.1 Å². The molecule has 1 aromatic rings. The van der Waals surface area contributed by atoms with E-state index in [0.717, 1.165) is 25.7 Å². The maximum absolute atomic E-state index is 12.5. The summed E-state index contributed by atoms with van der Waals surface area (Å²) in [7, 11) is -3.42. The highest BCUT2D eigenvalue weighted by atomic mass is 32.2. The minimum Gasteiger partial charge on any atom is -0.343 e. The van der Waals surface area contributed by atoms with Crippen LogP contribution in [0.1, 0.15) is 42.7 Å². The van der Waals surface area contributed by atoms with E-state index in [1.165, 1.54) is 11.1 Å². The number of benzene rings is 1. The molecule has 1 aliphatic heterocycles. The van der Waals surface area contributed by atoms with E-state index in [4.69, 9.17) is 5.14 Å². The summed E-state index contributed by atoms with van der Waals surface area (Å²) in [6.45, 7) is 1.29. The van der Waals surface area contributed by atoms with E-state index in [-0.39, 0.29) is 17.6 Å². The second-order valence-electron chi connectivity index (χ2n) is 6.79. The summed E-state index contributed by atoms with van der Waals surface area (Å²) in [5, 5.41) is 5.11. The molecular formula is C17H24N2O3S. The van der Waals surface area contributed by atoms with Crippen LogP contribution in [0.3, 0.4) is 0 Å². The highest BCUT2D eigenvalue weighted by molar-refractivity contribution is 7.89. The van der Waals surface area contributed by atoms with Crippen LogP contribution in [-0.2, 0) is 21.2 Å². The number of amides is 1. The van der Waals surface area contributed by atoms with Crippen molar-refractivity contribution < 1.29 is 13.2 Å². The van der Waals surface area contributed by atoms with Gasteiger partial charge in [-0.25, -0.2) is 13.6 Å². The Labute approximate surface area is 137 Å². The minimum atomic E-state index is -3.42. The van der Waals surface area contributed by atoms with Crippen LogP contribution in [0.4, 0.5) is 0 Å². The number of aryl methyl sites for hydroxylation is 1. The summed E-state index contributed by atoms with van der Waals surface area (Å²) in [5.41, 5.74) is 2.70. The molecule has 1 aliphatic carbocycles. The first-order valence-electron chi connectivity index (χ1n) is 8.28. The van der Waals surface area contributed by atoms with Gasteiger partial charge in [0.15, 0.2) is 0 Å². The number of primary sulfonamides is 1. The lowest BCUT2D eigenvalue weighted by Crippen LogP contribution is -2.40. The Kier molecular flexibility index (Phi) is 4.73. The molecule has 126 valence electrons. The zero-order chi connectivity index (χ0) is 16.4. The number of hydrogen-bond donors (Lipinski definition) is 1. The molecule has 0 spiro atoms. The molecule has 2 aliphatic rings. The fraction of sp³-hybridized carbons (Fsp3) is 0.588. The molecule has 0 bridgehead atoms. The summed E-state index contributed by atoms with van der Waals surface area (Å²) in [5.74, 6) is 0.647. The number of hydrogen-bond acceptors (Lipinski definition) is 3. The number of sulfonamides is 1. The van der Waals surface area contributed by atoms with Gasteiger partial charge in [-0.15, -0.1) is 0 Å². The topological polar surface area (TPSA) is 80.5 Å². The van der Waals surface area contributed by atoms with E-state index >= 15 is 0 Å². The van der Waals surface area contributed by atoms with Crippen LogP contribution in [0.25, 0.3) is 0 Å².